The van der Waals surface area contributed by atoms with Gasteiger partial charge in [-0.25, -0.2) is 8.42 Å². The molecule has 1 amide bonds. The zero-order valence-electron chi connectivity index (χ0n) is 14.8. The Kier molecular flexibility index (Phi) is 5.83. The van der Waals surface area contributed by atoms with Gasteiger partial charge in [0.15, 0.2) is 0 Å². The second-order valence-electron chi connectivity index (χ2n) is 5.86. The summed E-state index contributed by atoms with van der Waals surface area (Å²) in [5, 5.41) is 0.187. The summed E-state index contributed by atoms with van der Waals surface area (Å²) >= 11 is 12.0. The lowest BCUT2D eigenvalue weighted by Crippen LogP contribution is -2.49. The molecule has 0 atom stereocenters. The average Bonchev–Trinajstić information content (AvgIpc) is 2.65. The number of para-hydroxylation sites is 2. The number of esters is 1. The summed E-state index contributed by atoms with van der Waals surface area (Å²) in [6, 6.07) is 10.5. The van der Waals surface area contributed by atoms with E-state index in [1.54, 1.807) is 31.2 Å². The molecule has 0 saturated heterocycles. The van der Waals surface area contributed by atoms with Crippen LogP contribution < -0.4 is 9.21 Å². The Balaban J connectivity index is 2.07. The molecule has 0 unspecified atom stereocenters. The van der Waals surface area contributed by atoms with Crippen molar-refractivity contribution in [3.63, 3.8) is 0 Å². The first kappa shape index (κ1) is 20.4. The number of hydrogen-bond acceptors (Lipinski definition) is 5. The maximum absolute atomic E-state index is 13.2. The molecule has 0 bridgehead atoms. The van der Waals surface area contributed by atoms with Crippen molar-refractivity contribution in [2.24, 2.45) is 0 Å². The fraction of sp³-hybridized carbons (Fsp3) is 0.222. The van der Waals surface area contributed by atoms with Crippen molar-refractivity contribution in [1.82, 2.24) is 0 Å². The molecule has 10 heteroatoms. The number of ether oxygens (including phenoxy) is 1. The van der Waals surface area contributed by atoms with Crippen LogP contribution in [0, 0.1) is 0 Å². The lowest BCUT2D eigenvalue weighted by atomic mass is 10.2. The summed E-state index contributed by atoms with van der Waals surface area (Å²) in [6.07, 6.45) is 0. The molecule has 0 N–H and O–H groups in total. The molecule has 0 spiro atoms. The largest absolute Gasteiger partial charge is 0.465 e. The van der Waals surface area contributed by atoms with E-state index in [0.29, 0.717) is 0 Å². The number of fused-ring (bicyclic) bond motifs is 1. The highest BCUT2D eigenvalue weighted by Crippen LogP contribution is 2.38. The minimum absolute atomic E-state index is 0.0108. The third-order valence-corrected chi connectivity index (χ3v) is 6.55. The van der Waals surface area contributed by atoms with Crippen LogP contribution in [0.3, 0.4) is 0 Å². The number of carbonyl (C=O) groups excluding carboxylic acids is 2. The Morgan fingerprint density at radius 3 is 2.50 bits per heavy atom. The molecule has 3 rings (SSSR count). The molecule has 1 aliphatic rings. The highest BCUT2D eigenvalue weighted by Gasteiger charge is 2.38. The highest BCUT2D eigenvalue weighted by molar-refractivity contribution is 7.93. The number of benzene rings is 2. The van der Waals surface area contributed by atoms with Crippen molar-refractivity contribution in [2.45, 2.75) is 11.8 Å². The van der Waals surface area contributed by atoms with Crippen LogP contribution in [0.2, 0.25) is 10.0 Å². The van der Waals surface area contributed by atoms with Gasteiger partial charge in [-0.3, -0.25) is 18.8 Å². The summed E-state index contributed by atoms with van der Waals surface area (Å²) in [5.74, 6) is -1.15. The Bertz CT molecular complexity index is 1040. The van der Waals surface area contributed by atoms with Gasteiger partial charge < -0.3 is 4.74 Å². The number of carbonyl (C=O) groups is 2. The van der Waals surface area contributed by atoms with Gasteiger partial charge in [0, 0.05) is 5.02 Å². The minimum atomic E-state index is -4.17. The van der Waals surface area contributed by atoms with Crippen LogP contribution in [0.15, 0.2) is 47.4 Å². The maximum atomic E-state index is 13.2. The van der Waals surface area contributed by atoms with Crippen LogP contribution in [0.4, 0.5) is 11.4 Å². The number of rotatable bonds is 5. The second kappa shape index (κ2) is 7.98. The van der Waals surface area contributed by atoms with Gasteiger partial charge in [-0.05, 0) is 37.3 Å². The van der Waals surface area contributed by atoms with Crippen LogP contribution >= 0.6 is 23.2 Å². The van der Waals surface area contributed by atoms with Crippen molar-refractivity contribution >= 4 is 56.5 Å². The van der Waals surface area contributed by atoms with Crippen LogP contribution in [0.5, 0.6) is 0 Å². The first-order chi connectivity index (χ1) is 13.3. The minimum Gasteiger partial charge on any atom is -0.465 e. The number of sulfonamides is 1. The van der Waals surface area contributed by atoms with Gasteiger partial charge in [0.1, 0.15) is 18.0 Å². The van der Waals surface area contributed by atoms with E-state index in [0.717, 1.165) is 4.31 Å². The molecule has 0 saturated carbocycles. The molecule has 2 aromatic carbocycles. The predicted octanol–water partition coefficient (Wildman–Crippen LogP) is 3.10. The molecule has 148 valence electrons. The van der Waals surface area contributed by atoms with Crippen molar-refractivity contribution in [1.29, 1.82) is 0 Å². The van der Waals surface area contributed by atoms with E-state index in [2.05, 4.69) is 0 Å². The van der Waals surface area contributed by atoms with Crippen LogP contribution in [0.25, 0.3) is 0 Å². The predicted molar refractivity (Wildman–Crippen MR) is 106 cm³/mol. The zero-order chi connectivity index (χ0) is 20.5. The highest BCUT2D eigenvalue weighted by atomic mass is 35.5. The van der Waals surface area contributed by atoms with Crippen molar-refractivity contribution < 1.29 is 22.7 Å². The third-order valence-electron chi connectivity index (χ3n) is 4.07. The lowest BCUT2D eigenvalue weighted by molar-refractivity contribution is -0.142. The molecular weight excluding hydrogens is 427 g/mol. The Morgan fingerprint density at radius 2 is 1.82 bits per heavy atom. The average molecular weight is 443 g/mol. The van der Waals surface area contributed by atoms with Gasteiger partial charge in [-0.2, -0.15) is 0 Å². The van der Waals surface area contributed by atoms with Crippen molar-refractivity contribution in [2.75, 3.05) is 28.9 Å². The smallest absolute Gasteiger partial charge is 0.326 e. The summed E-state index contributed by atoms with van der Waals surface area (Å²) in [6.45, 7) is 1.04. The third kappa shape index (κ3) is 3.80. The van der Waals surface area contributed by atoms with Gasteiger partial charge in [0.25, 0.3) is 10.0 Å². The van der Waals surface area contributed by atoms with E-state index in [1.165, 1.54) is 23.1 Å². The van der Waals surface area contributed by atoms with Crippen LogP contribution in [-0.4, -0.2) is 40.0 Å². The Hall–Kier alpha value is -2.29. The molecule has 0 aromatic heterocycles. The van der Waals surface area contributed by atoms with E-state index in [-0.39, 0.29) is 39.5 Å². The Morgan fingerprint density at radius 1 is 1.14 bits per heavy atom. The van der Waals surface area contributed by atoms with Gasteiger partial charge in [0.05, 0.1) is 23.0 Å². The fourth-order valence-corrected chi connectivity index (χ4v) is 5.02. The molecular formula is C18H16Cl2N2O5S. The molecule has 1 heterocycles. The van der Waals surface area contributed by atoms with E-state index in [9.17, 15) is 18.0 Å². The standard InChI is InChI=1S/C18H16Cl2N2O5S/c1-2-27-18(24)11-21-14-5-3-4-6-15(14)22(10-17(21)23)28(25,26)16-9-12(19)7-8-13(16)20/h3-9H,2,10-11H2,1H3. The van der Waals surface area contributed by atoms with Gasteiger partial charge in [-0.15, -0.1) is 0 Å². The number of amides is 1. The lowest BCUT2D eigenvalue weighted by Gasteiger charge is -2.36. The number of halogens is 2. The number of anilines is 2. The Labute approximate surface area is 172 Å². The number of hydrogen-bond donors (Lipinski definition) is 0. The van der Waals surface area contributed by atoms with Crippen LogP contribution in [0.1, 0.15) is 6.92 Å². The summed E-state index contributed by atoms with van der Waals surface area (Å²) in [5.41, 5.74) is 0.538. The maximum Gasteiger partial charge on any atom is 0.326 e. The van der Waals surface area contributed by atoms with Gasteiger partial charge >= 0.3 is 5.97 Å². The van der Waals surface area contributed by atoms with E-state index < -0.39 is 28.4 Å². The zero-order valence-corrected chi connectivity index (χ0v) is 17.1. The van der Waals surface area contributed by atoms with Crippen LogP contribution in [-0.2, 0) is 24.3 Å². The van der Waals surface area contributed by atoms with E-state index >= 15 is 0 Å². The van der Waals surface area contributed by atoms with Crippen molar-refractivity contribution in [3.05, 3.63) is 52.5 Å². The summed E-state index contributed by atoms with van der Waals surface area (Å²) in [4.78, 5) is 25.6. The normalized spacial score (nSPS) is 14.0. The fourth-order valence-electron chi connectivity index (χ4n) is 2.85. The number of nitrogens with zero attached hydrogens (tertiary/aromatic N) is 2. The molecule has 1 aliphatic heterocycles. The molecule has 28 heavy (non-hydrogen) atoms. The SMILES string of the molecule is CCOC(=O)CN1C(=O)CN(S(=O)(=O)c2cc(Cl)ccc2Cl)c2ccccc21. The quantitative estimate of drug-likeness (QED) is 0.664. The monoisotopic (exact) mass is 442 g/mol. The van der Waals surface area contributed by atoms with E-state index in [4.69, 9.17) is 27.9 Å². The molecule has 0 aliphatic carbocycles. The summed E-state index contributed by atoms with van der Waals surface area (Å²) < 4.78 is 32.3. The molecule has 7 nitrogen and oxygen atoms in total. The molecule has 0 fully saturated rings. The first-order valence-corrected chi connectivity index (χ1v) is 10.5. The van der Waals surface area contributed by atoms with Gasteiger partial charge in [-0.1, -0.05) is 35.3 Å². The van der Waals surface area contributed by atoms with Gasteiger partial charge in [0.2, 0.25) is 5.91 Å². The van der Waals surface area contributed by atoms with Crippen molar-refractivity contribution in [3.8, 4) is 0 Å². The second-order valence-corrected chi connectivity index (χ2v) is 8.53. The van der Waals surface area contributed by atoms with E-state index in [1.807, 2.05) is 0 Å². The summed E-state index contributed by atoms with van der Waals surface area (Å²) in [7, 11) is -4.17. The molecule has 0 radical (unpaired) electrons. The first-order valence-electron chi connectivity index (χ1n) is 8.28. The topological polar surface area (TPSA) is 84.0 Å². The molecule has 2 aromatic rings.